The van der Waals surface area contributed by atoms with E-state index in [9.17, 15) is 4.79 Å². The van der Waals surface area contributed by atoms with Crippen LogP contribution in [0.15, 0.2) is 18.2 Å². The van der Waals surface area contributed by atoms with E-state index in [4.69, 9.17) is 27.9 Å². The number of hydrogen-bond donors (Lipinski definition) is 0. The molecule has 1 aromatic rings. The molecule has 3 nitrogen and oxygen atoms in total. The number of carbonyl (C=O) groups excluding carboxylic acids is 1. The average molecular weight is 398 g/mol. The van der Waals surface area contributed by atoms with Crippen molar-refractivity contribution in [2.24, 2.45) is 0 Å². The van der Waals surface area contributed by atoms with E-state index in [0.717, 1.165) is 25.7 Å². The first-order valence-electron chi connectivity index (χ1n) is 10.00. The van der Waals surface area contributed by atoms with Gasteiger partial charge in [0.05, 0.1) is 5.02 Å². The SMILES string of the molecule is CC(Oc1ccc(Cl)cc1Cl)C(=O)N(C1CCCCC1)C1CCCCC1. The number of amides is 1. The lowest BCUT2D eigenvalue weighted by atomic mass is 9.88. The molecule has 0 N–H and O–H groups in total. The molecule has 1 aromatic carbocycles. The maximum Gasteiger partial charge on any atom is 0.263 e. The van der Waals surface area contributed by atoms with Crippen molar-refractivity contribution in [1.82, 2.24) is 4.90 Å². The van der Waals surface area contributed by atoms with Gasteiger partial charge in [0.25, 0.3) is 5.91 Å². The van der Waals surface area contributed by atoms with E-state index in [-0.39, 0.29) is 5.91 Å². The highest BCUT2D eigenvalue weighted by molar-refractivity contribution is 6.35. The Morgan fingerprint density at radius 1 is 1.00 bits per heavy atom. The standard InChI is InChI=1S/C21H29Cl2NO2/c1-15(26-20-13-12-16(22)14-19(20)23)21(25)24(17-8-4-2-5-9-17)18-10-6-3-7-11-18/h12-15,17-18H,2-11H2,1H3. The number of hydrogen-bond acceptors (Lipinski definition) is 2. The second-order valence-corrected chi connectivity index (χ2v) is 8.51. The minimum atomic E-state index is -0.544. The molecule has 1 atom stereocenters. The largest absolute Gasteiger partial charge is 0.479 e. The molecule has 0 radical (unpaired) electrons. The molecule has 0 heterocycles. The Morgan fingerprint density at radius 3 is 2.04 bits per heavy atom. The van der Waals surface area contributed by atoms with Gasteiger partial charge >= 0.3 is 0 Å². The Bertz CT molecular complexity index is 592. The van der Waals surface area contributed by atoms with Crippen LogP contribution in [0.1, 0.15) is 71.1 Å². The number of nitrogens with zero attached hydrogens (tertiary/aromatic N) is 1. The van der Waals surface area contributed by atoms with Crippen molar-refractivity contribution in [2.45, 2.75) is 89.3 Å². The smallest absolute Gasteiger partial charge is 0.263 e. The van der Waals surface area contributed by atoms with E-state index in [1.807, 2.05) is 6.92 Å². The summed E-state index contributed by atoms with van der Waals surface area (Å²) in [7, 11) is 0. The molecular weight excluding hydrogens is 369 g/mol. The van der Waals surface area contributed by atoms with Crippen LogP contribution in [-0.2, 0) is 4.79 Å². The van der Waals surface area contributed by atoms with Crippen LogP contribution in [0.3, 0.4) is 0 Å². The van der Waals surface area contributed by atoms with Gasteiger partial charge in [0, 0.05) is 17.1 Å². The molecule has 0 saturated heterocycles. The molecule has 0 spiro atoms. The number of rotatable bonds is 5. The number of ether oxygens (including phenoxy) is 1. The molecule has 5 heteroatoms. The molecule has 1 amide bonds. The summed E-state index contributed by atoms with van der Waals surface area (Å²) in [6.45, 7) is 1.84. The van der Waals surface area contributed by atoms with Crippen LogP contribution >= 0.6 is 23.2 Å². The molecule has 1 unspecified atom stereocenters. The summed E-state index contributed by atoms with van der Waals surface area (Å²) in [5.41, 5.74) is 0. The Labute approximate surface area is 167 Å². The molecule has 0 bridgehead atoms. The highest BCUT2D eigenvalue weighted by Gasteiger charge is 2.35. The molecule has 0 aliphatic heterocycles. The van der Waals surface area contributed by atoms with Gasteiger partial charge in [-0.25, -0.2) is 0 Å². The second kappa shape index (κ2) is 9.32. The summed E-state index contributed by atoms with van der Waals surface area (Å²) in [5, 5.41) is 1.01. The third-order valence-electron chi connectivity index (χ3n) is 5.74. The second-order valence-electron chi connectivity index (χ2n) is 7.66. The van der Waals surface area contributed by atoms with E-state index in [0.29, 0.717) is 27.9 Å². The van der Waals surface area contributed by atoms with Gasteiger partial charge in [-0.2, -0.15) is 0 Å². The van der Waals surface area contributed by atoms with E-state index < -0.39 is 6.10 Å². The van der Waals surface area contributed by atoms with Gasteiger partial charge in [0.2, 0.25) is 0 Å². The van der Waals surface area contributed by atoms with Crippen LogP contribution in [0.25, 0.3) is 0 Å². The van der Waals surface area contributed by atoms with Crippen molar-refractivity contribution in [1.29, 1.82) is 0 Å². The predicted molar refractivity (Wildman–Crippen MR) is 107 cm³/mol. The number of carbonyl (C=O) groups is 1. The van der Waals surface area contributed by atoms with E-state index in [1.165, 1.54) is 38.5 Å². The third kappa shape index (κ3) is 4.86. The highest BCUT2D eigenvalue weighted by atomic mass is 35.5. The zero-order valence-corrected chi connectivity index (χ0v) is 17.1. The normalized spacial score (nSPS) is 20.6. The lowest BCUT2D eigenvalue weighted by Gasteiger charge is -2.42. The molecule has 0 aromatic heterocycles. The van der Waals surface area contributed by atoms with Crippen LogP contribution < -0.4 is 4.74 Å². The van der Waals surface area contributed by atoms with Gasteiger partial charge < -0.3 is 9.64 Å². The highest BCUT2D eigenvalue weighted by Crippen LogP contribution is 2.32. The van der Waals surface area contributed by atoms with Crippen molar-refractivity contribution in [2.75, 3.05) is 0 Å². The first-order chi connectivity index (χ1) is 12.6. The first-order valence-corrected chi connectivity index (χ1v) is 10.8. The number of benzene rings is 1. The minimum absolute atomic E-state index is 0.106. The van der Waals surface area contributed by atoms with E-state index >= 15 is 0 Å². The molecule has 2 aliphatic carbocycles. The summed E-state index contributed by atoms with van der Waals surface area (Å²) in [5.74, 6) is 0.624. The average Bonchev–Trinajstić information content (AvgIpc) is 2.66. The topological polar surface area (TPSA) is 29.5 Å². The van der Waals surface area contributed by atoms with Gasteiger partial charge in [-0.1, -0.05) is 61.7 Å². The minimum Gasteiger partial charge on any atom is -0.479 e. The first kappa shape index (κ1) is 19.8. The van der Waals surface area contributed by atoms with Crippen molar-refractivity contribution < 1.29 is 9.53 Å². The molecule has 2 aliphatic rings. The maximum atomic E-state index is 13.4. The molecule has 2 saturated carbocycles. The van der Waals surface area contributed by atoms with E-state index in [2.05, 4.69) is 4.90 Å². The van der Waals surface area contributed by atoms with Gasteiger partial charge in [0.1, 0.15) is 5.75 Å². The fourth-order valence-electron chi connectivity index (χ4n) is 4.40. The quantitative estimate of drug-likeness (QED) is 0.586. The molecule has 26 heavy (non-hydrogen) atoms. The van der Waals surface area contributed by atoms with Crippen molar-refractivity contribution in [3.05, 3.63) is 28.2 Å². The fourth-order valence-corrected chi connectivity index (χ4v) is 4.85. The van der Waals surface area contributed by atoms with Crippen LogP contribution in [0.2, 0.25) is 10.0 Å². The lowest BCUT2D eigenvalue weighted by Crippen LogP contribution is -2.52. The fraction of sp³-hybridized carbons (Fsp3) is 0.667. The predicted octanol–water partition coefficient (Wildman–Crippen LogP) is 6.25. The monoisotopic (exact) mass is 397 g/mol. The van der Waals surface area contributed by atoms with Crippen molar-refractivity contribution in [3.8, 4) is 5.75 Å². The van der Waals surface area contributed by atoms with E-state index in [1.54, 1.807) is 18.2 Å². The van der Waals surface area contributed by atoms with Crippen LogP contribution in [0, 0.1) is 0 Å². The molecule has 2 fully saturated rings. The van der Waals surface area contributed by atoms with Gasteiger partial charge in [-0.3, -0.25) is 4.79 Å². The zero-order valence-electron chi connectivity index (χ0n) is 15.6. The molecule has 144 valence electrons. The zero-order chi connectivity index (χ0) is 18.5. The Balaban J connectivity index is 1.74. The van der Waals surface area contributed by atoms with Crippen molar-refractivity contribution >= 4 is 29.1 Å². The summed E-state index contributed by atoms with van der Waals surface area (Å²) in [6.07, 6.45) is 11.4. The molecular formula is C21H29Cl2NO2. The summed E-state index contributed by atoms with van der Waals surface area (Å²) >= 11 is 12.2. The third-order valence-corrected chi connectivity index (χ3v) is 6.27. The summed E-state index contributed by atoms with van der Waals surface area (Å²) in [4.78, 5) is 15.5. The van der Waals surface area contributed by atoms with Gasteiger partial charge in [0.15, 0.2) is 6.10 Å². The summed E-state index contributed by atoms with van der Waals surface area (Å²) in [6, 6.07) is 5.85. The Hall–Kier alpha value is -0.930. The van der Waals surface area contributed by atoms with Crippen LogP contribution in [0.4, 0.5) is 0 Å². The van der Waals surface area contributed by atoms with Crippen LogP contribution in [0.5, 0.6) is 5.75 Å². The van der Waals surface area contributed by atoms with Crippen molar-refractivity contribution in [3.63, 3.8) is 0 Å². The molecule has 3 rings (SSSR count). The summed E-state index contributed by atoms with van der Waals surface area (Å²) < 4.78 is 5.94. The maximum absolute atomic E-state index is 13.4. The lowest BCUT2D eigenvalue weighted by molar-refractivity contribution is -0.145. The van der Waals surface area contributed by atoms with Gasteiger partial charge in [-0.05, 0) is 50.8 Å². The Morgan fingerprint density at radius 2 is 1.54 bits per heavy atom. The Kier molecular flexibility index (Phi) is 7.11. The van der Waals surface area contributed by atoms with Gasteiger partial charge in [-0.15, -0.1) is 0 Å². The number of halogens is 2. The van der Waals surface area contributed by atoms with Crippen LogP contribution in [-0.4, -0.2) is 29.0 Å².